The van der Waals surface area contributed by atoms with E-state index in [0.717, 1.165) is 10.6 Å². The van der Waals surface area contributed by atoms with Crippen LogP contribution in [0.4, 0.5) is 4.79 Å². The van der Waals surface area contributed by atoms with Crippen LogP contribution in [0.15, 0.2) is 35.3 Å². The molecule has 9 heteroatoms. The molecule has 1 rings (SSSR count). The Hall–Kier alpha value is -2.81. The van der Waals surface area contributed by atoms with Gasteiger partial charge in [0.15, 0.2) is 5.96 Å². The Bertz CT molecular complexity index is 545. The Morgan fingerprint density at radius 1 is 1.26 bits per heavy atom. The van der Waals surface area contributed by atoms with Gasteiger partial charge in [-0.1, -0.05) is 30.3 Å². The van der Waals surface area contributed by atoms with E-state index in [1.165, 1.54) is 0 Å². The van der Waals surface area contributed by atoms with E-state index in [1.807, 2.05) is 30.3 Å². The summed E-state index contributed by atoms with van der Waals surface area (Å²) in [5, 5.41) is 12.5. The van der Waals surface area contributed by atoms with Crippen LogP contribution in [0.5, 0.6) is 0 Å². The van der Waals surface area contributed by atoms with E-state index < -0.39 is 18.0 Å². The van der Waals surface area contributed by atoms with E-state index in [9.17, 15) is 9.59 Å². The molecule has 1 unspecified atom stereocenters. The minimum Gasteiger partial charge on any atom is -0.480 e. The van der Waals surface area contributed by atoms with Gasteiger partial charge in [0, 0.05) is 6.54 Å². The lowest BCUT2D eigenvalue weighted by atomic mass is 10.1. The van der Waals surface area contributed by atoms with Gasteiger partial charge < -0.3 is 21.9 Å². The van der Waals surface area contributed by atoms with Crippen LogP contribution < -0.4 is 22.6 Å². The number of benzene rings is 1. The van der Waals surface area contributed by atoms with Crippen LogP contribution >= 0.6 is 0 Å². The van der Waals surface area contributed by atoms with Crippen molar-refractivity contribution in [3.05, 3.63) is 35.9 Å². The molecule has 23 heavy (non-hydrogen) atoms. The number of amides is 2. The molecule has 0 bridgehead atoms. The highest BCUT2D eigenvalue weighted by atomic mass is 16.4. The lowest BCUT2D eigenvalue weighted by Gasteiger charge is -2.21. The average molecular weight is 322 g/mol. The van der Waals surface area contributed by atoms with Crippen LogP contribution in [-0.2, 0) is 11.3 Å². The molecule has 9 nitrogen and oxygen atoms in total. The number of nitrogens with one attached hydrogen (secondary N) is 1. The van der Waals surface area contributed by atoms with Gasteiger partial charge in [-0.15, -0.1) is 0 Å². The summed E-state index contributed by atoms with van der Waals surface area (Å²) in [6.45, 7) is 0.464. The lowest BCUT2D eigenvalue weighted by Crippen LogP contribution is -2.50. The van der Waals surface area contributed by atoms with Gasteiger partial charge >= 0.3 is 12.0 Å². The number of nitrogens with two attached hydrogens (primary N) is 3. The summed E-state index contributed by atoms with van der Waals surface area (Å²) in [6, 6.07) is 7.41. The Morgan fingerprint density at radius 2 is 1.91 bits per heavy atom. The van der Waals surface area contributed by atoms with Crippen molar-refractivity contribution < 1.29 is 14.7 Å². The molecule has 1 aromatic rings. The number of hydrogen-bond acceptors (Lipinski definition) is 4. The molecule has 126 valence electrons. The van der Waals surface area contributed by atoms with Crippen molar-refractivity contribution in [3.63, 3.8) is 0 Å². The summed E-state index contributed by atoms with van der Waals surface area (Å²) in [4.78, 5) is 26.9. The predicted octanol–water partition coefficient (Wildman–Crippen LogP) is -0.421. The van der Waals surface area contributed by atoms with E-state index >= 15 is 0 Å². The summed E-state index contributed by atoms with van der Waals surface area (Å²) in [5.41, 5.74) is 11.2. The van der Waals surface area contributed by atoms with Gasteiger partial charge in [-0.2, -0.15) is 0 Å². The molecule has 0 aliphatic heterocycles. The van der Waals surface area contributed by atoms with Crippen molar-refractivity contribution >= 4 is 18.0 Å². The number of carboxylic acids is 1. The highest BCUT2D eigenvalue weighted by Crippen LogP contribution is 2.03. The molecule has 0 saturated carbocycles. The van der Waals surface area contributed by atoms with Crippen molar-refractivity contribution in [2.45, 2.75) is 25.4 Å². The number of hydrogen-bond donors (Lipinski definition) is 5. The van der Waals surface area contributed by atoms with Crippen molar-refractivity contribution in [1.82, 2.24) is 10.3 Å². The molecule has 0 aliphatic carbocycles. The third-order valence-corrected chi connectivity index (χ3v) is 3.00. The van der Waals surface area contributed by atoms with E-state index in [-0.39, 0.29) is 18.9 Å². The molecule has 0 spiro atoms. The smallest absolute Gasteiger partial charge is 0.332 e. The summed E-state index contributed by atoms with van der Waals surface area (Å²) in [7, 11) is 0. The first kappa shape index (κ1) is 18.2. The first-order chi connectivity index (χ1) is 10.9. The van der Waals surface area contributed by atoms with Crippen LogP contribution in [0.3, 0.4) is 0 Å². The average Bonchev–Trinajstić information content (AvgIpc) is 2.50. The summed E-state index contributed by atoms with van der Waals surface area (Å²) >= 11 is 0. The number of carbonyl (C=O) groups excluding carboxylic acids is 1. The van der Waals surface area contributed by atoms with Crippen molar-refractivity contribution in [1.29, 1.82) is 0 Å². The quantitative estimate of drug-likeness (QED) is 0.109. The molecular formula is C14H22N6O3. The number of aliphatic imine (C=N–C) groups is 1. The minimum absolute atomic E-state index is 0.0584. The second-order valence-corrected chi connectivity index (χ2v) is 4.90. The molecule has 0 aliphatic rings. The minimum atomic E-state index is -1.14. The van der Waals surface area contributed by atoms with Crippen molar-refractivity contribution in [3.8, 4) is 0 Å². The number of carbonyl (C=O) groups is 2. The number of hydrazine groups is 1. The molecule has 0 aromatic heterocycles. The third kappa shape index (κ3) is 7.14. The van der Waals surface area contributed by atoms with E-state index in [0.29, 0.717) is 13.0 Å². The Kier molecular flexibility index (Phi) is 7.34. The molecule has 2 amide bonds. The van der Waals surface area contributed by atoms with E-state index in [2.05, 4.69) is 10.3 Å². The fourth-order valence-corrected chi connectivity index (χ4v) is 1.84. The highest BCUT2D eigenvalue weighted by molar-refractivity contribution is 5.82. The number of carboxylic acid groups (broad SMARTS) is 1. The second-order valence-electron chi connectivity index (χ2n) is 4.90. The SMILES string of the molecule is NC(N)=NCCCC(NC(=O)N(N)Cc1ccccc1)C(=O)O. The maximum atomic E-state index is 12.0. The first-order valence-corrected chi connectivity index (χ1v) is 7.05. The highest BCUT2D eigenvalue weighted by Gasteiger charge is 2.21. The van der Waals surface area contributed by atoms with E-state index in [4.69, 9.17) is 22.4 Å². The first-order valence-electron chi connectivity index (χ1n) is 7.05. The standard InChI is InChI=1S/C14H22N6O3/c15-13(16)18-8-4-7-11(12(21)22)19-14(23)20(17)9-10-5-2-1-3-6-10/h1-3,5-6,11H,4,7-9,17H2,(H,19,23)(H,21,22)(H4,15,16,18). The molecule has 0 fully saturated rings. The van der Waals surface area contributed by atoms with Gasteiger partial charge in [0.25, 0.3) is 0 Å². The van der Waals surface area contributed by atoms with Crippen molar-refractivity contribution in [2.75, 3.05) is 6.54 Å². The van der Waals surface area contributed by atoms with Gasteiger partial charge in [-0.3, -0.25) is 10.0 Å². The molecular weight excluding hydrogens is 300 g/mol. The summed E-state index contributed by atoms with van der Waals surface area (Å²) in [6.07, 6.45) is 0.607. The number of aliphatic carboxylic acids is 1. The number of rotatable bonds is 8. The van der Waals surface area contributed by atoms with Crippen LogP contribution in [0, 0.1) is 0 Å². The summed E-state index contributed by atoms with van der Waals surface area (Å²) in [5.74, 6) is 4.46. The third-order valence-electron chi connectivity index (χ3n) is 3.00. The van der Waals surface area contributed by atoms with Crippen LogP contribution in [0.25, 0.3) is 0 Å². The maximum absolute atomic E-state index is 12.0. The van der Waals surface area contributed by atoms with Crippen LogP contribution in [0.2, 0.25) is 0 Å². The predicted molar refractivity (Wildman–Crippen MR) is 86.0 cm³/mol. The molecule has 0 heterocycles. The molecule has 8 N–H and O–H groups in total. The molecule has 1 aromatic carbocycles. The normalized spacial score (nSPS) is 11.3. The Balaban J connectivity index is 2.49. The maximum Gasteiger partial charge on any atom is 0.332 e. The zero-order valence-corrected chi connectivity index (χ0v) is 12.7. The van der Waals surface area contributed by atoms with Gasteiger partial charge in [-0.05, 0) is 18.4 Å². The van der Waals surface area contributed by atoms with Crippen LogP contribution in [-0.4, -0.2) is 40.7 Å². The number of urea groups is 1. The Morgan fingerprint density at radius 3 is 2.48 bits per heavy atom. The molecule has 0 saturated heterocycles. The summed E-state index contributed by atoms with van der Waals surface area (Å²) < 4.78 is 0. The largest absolute Gasteiger partial charge is 0.480 e. The zero-order valence-electron chi connectivity index (χ0n) is 12.7. The zero-order chi connectivity index (χ0) is 17.2. The fourth-order valence-electron chi connectivity index (χ4n) is 1.84. The fraction of sp³-hybridized carbons (Fsp3) is 0.357. The van der Waals surface area contributed by atoms with Crippen molar-refractivity contribution in [2.24, 2.45) is 22.3 Å². The van der Waals surface area contributed by atoms with Gasteiger partial charge in [0.05, 0.1) is 6.54 Å². The van der Waals surface area contributed by atoms with Gasteiger partial charge in [0.1, 0.15) is 6.04 Å². The lowest BCUT2D eigenvalue weighted by molar-refractivity contribution is -0.139. The number of nitrogens with zero attached hydrogens (tertiary/aromatic N) is 2. The second kappa shape index (κ2) is 9.26. The van der Waals surface area contributed by atoms with Gasteiger partial charge in [0.2, 0.25) is 0 Å². The number of guanidine groups is 1. The van der Waals surface area contributed by atoms with Gasteiger partial charge in [-0.25, -0.2) is 15.4 Å². The monoisotopic (exact) mass is 322 g/mol. The van der Waals surface area contributed by atoms with E-state index in [1.54, 1.807) is 0 Å². The van der Waals surface area contributed by atoms with Crippen LogP contribution in [0.1, 0.15) is 18.4 Å². The topological polar surface area (TPSA) is 160 Å². The molecule has 1 atom stereocenters. The Labute approximate surface area is 134 Å². The molecule has 0 radical (unpaired) electrons.